The molecule has 0 aliphatic heterocycles. The van der Waals surface area contributed by atoms with Gasteiger partial charge in [-0.1, -0.05) is 11.8 Å². The quantitative estimate of drug-likeness (QED) is 0.503. The molecule has 0 fully saturated rings. The van der Waals surface area contributed by atoms with E-state index < -0.39 is 5.97 Å². The topological polar surface area (TPSA) is 63.1 Å². The number of aromatic carboxylic acids is 1. The molecule has 0 radical (unpaired) electrons. The van der Waals surface area contributed by atoms with Crippen molar-refractivity contribution in [1.82, 2.24) is 9.97 Å². The highest BCUT2D eigenvalue weighted by atomic mass is 32.1. The zero-order valence-electron chi connectivity index (χ0n) is 6.56. The van der Waals surface area contributed by atoms with Crippen molar-refractivity contribution in [2.24, 2.45) is 0 Å². The minimum Gasteiger partial charge on any atom is -0.475 e. The van der Waals surface area contributed by atoms with Gasteiger partial charge in [0.2, 0.25) is 5.82 Å². The van der Waals surface area contributed by atoms with Crippen molar-refractivity contribution < 1.29 is 9.90 Å². The molecule has 5 heteroatoms. The van der Waals surface area contributed by atoms with Crippen LogP contribution in [-0.2, 0) is 0 Å². The predicted octanol–water partition coefficient (Wildman–Crippen LogP) is 0.456. The molecule has 1 rings (SSSR count). The third kappa shape index (κ3) is 2.76. The smallest absolute Gasteiger partial charge is 0.373 e. The number of nitrogens with zero attached hydrogens (tertiary/aromatic N) is 2. The van der Waals surface area contributed by atoms with Gasteiger partial charge in [-0.15, -0.1) is 0 Å². The van der Waals surface area contributed by atoms with Crippen molar-refractivity contribution in [3.63, 3.8) is 0 Å². The Labute approximate surface area is 80.4 Å². The molecular weight excluding hydrogens is 188 g/mol. The van der Waals surface area contributed by atoms with Gasteiger partial charge >= 0.3 is 5.97 Å². The van der Waals surface area contributed by atoms with Gasteiger partial charge in [0.15, 0.2) is 0 Å². The molecule has 1 heterocycles. The van der Waals surface area contributed by atoms with Crippen molar-refractivity contribution >= 4 is 18.6 Å². The van der Waals surface area contributed by atoms with Gasteiger partial charge in [-0.05, 0) is 0 Å². The third-order valence-electron chi connectivity index (χ3n) is 1.15. The maximum atomic E-state index is 10.4. The van der Waals surface area contributed by atoms with Crippen LogP contribution < -0.4 is 0 Å². The number of carbonyl (C=O) groups is 1. The molecule has 0 spiro atoms. The number of thiol groups is 1. The molecule has 13 heavy (non-hydrogen) atoms. The van der Waals surface area contributed by atoms with E-state index in [2.05, 4.69) is 34.4 Å². The van der Waals surface area contributed by atoms with Crippen LogP contribution in [0.15, 0.2) is 12.4 Å². The lowest BCUT2D eigenvalue weighted by molar-refractivity contribution is 0.0683. The van der Waals surface area contributed by atoms with Crippen LogP contribution in [0, 0.1) is 11.8 Å². The summed E-state index contributed by atoms with van der Waals surface area (Å²) >= 11 is 3.90. The Balaban J connectivity index is 2.87. The SMILES string of the molecule is O=C(O)c1ncc(C#CCS)cn1. The van der Waals surface area contributed by atoms with Crippen LogP contribution in [-0.4, -0.2) is 26.8 Å². The van der Waals surface area contributed by atoms with Gasteiger partial charge in [-0.25, -0.2) is 14.8 Å². The standard InChI is InChI=1S/C8H6N2O2S/c11-8(12)7-9-4-6(5-10-7)2-1-3-13/h4-5,13H,3H2,(H,11,12). The summed E-state index contributed by atoms with van der Waals surface area (Å²) in [6.45, 7) is 0. The van der Waals surface area contributed by atoms with Crippen LogP contribution in [0.4, 0.5) is 0 Å². The van der Waals surface area contributed by atoms with Gasteiger partial charge in [0.25, 0.3) is 0 Å². The Kier molecular flexibility index (Phi) is 3.29. The zero-order chi connectivity index (χ0) is 9.68. The Morgan fingerprint density at radius 3 is 2.62 bits per heavy atom. The third-order valence-corrected chi connectivity index (χ3v) is 1.31. The monoisotopic (exact) mass is 194 g/mol. The summed E-state index contributed by atoms with van der Waals surface area (Å²) in [6, 6.07) is 0. The molecule has 66 valence electrons. The fourth-order valence-corrected chi connectivity index (χ4v) is 0.724. The van der Waals surface area contributed by atoms with E-state index in [1.807, 2.05) is 0 Å². The minimum atomic E-state index is -1.14. The van der Waals surface area contributed by atoms with Gasteiger partial charge in [-0.2, -0.15) is 12.6 Å². The molecule has 0 atom stereocenters. The largest absolute Gasteiger partial charge is 0.475 e. The van der Waals surface area contributed by atoms with Crippen molar-refractivity contribution in [2.45, 2.75) is 0 Å². The van der Waals surface area contributed by atoms with E-state index in [0.717, 1.165) is 0 Å². The minimum absolute atomic E-state index is 0.226. The molecule has 1 aromatic rings. The Bertz CT molecular complexity index is 364. The molecule has 0 aliphatic rings. The highest BCUT2D eigenvalue weighted by molar-refractivity contribution is 7.80. The lowest BCUT2D eigenvalue weighted by Gasteiger charge is -1.91. The highest BCUT2D eigenvalue weighted by Crippen LogP contribution is 1.93. The molecule has 0 unspecified atom stereocenters. The number of rotatable bonds is 1. The summed E-state index contributed by atoms with van der Waals surface area (Å²) in [4.78, 5) is 17.5. The summed E-state index contributed by atoms with van der Waals surface area (Å²) in [5, 5.41) is 8.48. The molecular formula is C8H6N2O2S. The van der Waals surface area contributed by atoms with Crippen molar-refractivity contribution in [1.29, 1.82) is 0 Å². The Morgan fingerprint density at radius 1 is 1.54 bits per heavy atom. The average molecular weight is 194 g/mol. The molecule has 0 bridgehead atoms. The maximum absolute atomic E-state index is 10.4. The fraction of sp³-hybridized carbons (Fsp3) is 0.125. The first-order chi connectivity index (χ1) is 6.24. The first kappa shape index (κ1) is 9.55. The molecule has 0 amide bonds. The Hall–Kier alpha value is -1.54. The molecule has 1 aromatic heterocycles. The second-order valence-electron chi connectivity index (χ2n) is 2.06. The van der Waals surface area contributed by atoms with Crippen LogP contribution in [0.3, 0.4) is 0 Å². The number of hydrogen-bond acceptors (Lipinski definition) is 4. The second-order valence-corrected chi connectivity index (χ2v) is 2.38. The molecule has 4 nitrogen and oxygen atoms in total. The van der Waals surface area contributed by atoms with E-state index in [0.29, 0.717) is 11.3 Å². The summed E-state index contributed by atoms with van der Waals surface area (Å²) in [6.07, 6.45) is 2.74. The van der Waals surface area contributed by atoms with Gasteiger partial charge in [-0.3, -0.25) is 0 Å². The van der Waals surface area contributed by atoms with E-state index in [9.17, 15) is 4.79 Å². The predicted molar refractivity (Wildman–Crippen MR) is 49.7 cm³/mol. The van der Waals surface area contributed by atoms with E-state index in [-0.39, 0.29) is 5.82 Å². The van der Waals surface area contributed by atoms with Crippen LogP contribution in [0.5, 0.6) is 0 Å². The maximum Gasteiger partial charge on any atom is 0.373 e. The molecule has 0 saturated carbocycles. The average Bonchev–Trinajstić information content (AvgIpc) is 2.15. The van der Waals surface area contributed by atoms with Crippen molar-refractivity contribution in [3.05, 3.63) is 23.8 Å². The normalized spacial score (nSPS) is 8.69. The van der Waals surface area contributed by atoms with Gasteiger partial charge in [0.05, 0.1) is 11.3 Å². The summed E-state index contributed by atoms with van der Waals surface area (Å²) in [5.41, 5.74) is 0.582. The fourth-order valence-electron chi connectivity index (χ4n) is 0.645. The zero-order valence-corrected chi connectivity index (χ0v) is 7.45. The first-order valence-corrected chi connectivity index (χ1v) is 4.02. The lowest BCUT2D eigenvalue weighted by Crippen LogP contribution is -2.03. The second kappa shape index (κ2) is 4.48. The Morgan fingerprint density at radius 2 is 2.15 bits per heavy atom. The number of carboxylic acids is 1. The molecule has 1 N–H and O–H groups in total. The van der Waals surface area contributed by atoms with E-state index in [1.54, 1.807) is 0 Å². The number of carboxylic acid groups (broad SMARTS) is 1. The van der Waals surface area contributed by atoms with E-state index >= 15 is 0 Å². The highest BCUT2D eigenvalue weighted by Gasteiger charge is 2.03. The van der Waals surface area contributed by atoms with Gasteiger partial charge in [0, 0.05) is 12.4 Å². The van der Waals surface area contributed by atoms with Crippen LogP contribution >= 0.6 is 12.6 Å². The van der Waals surface area contributed by atoms with E-state index in [4.69, 9.17) is 5.11 Å². The van der Waals surface area contributed by atoms with Gasteiger partial charge < -0.3 is 5.11 Å². The van der Waals surface area contributed by atoms with Crippen LogP contribution in [0.2, 0.25) is 0 Å². The summed E-state index contributed by atoms with van der Waals surface area (Å²) in [5.74, 6) is 4.49. The lowest BCUT2D eigenvalue weighted by atomic mass is 10.3. The summed E-state index contributed by atoms with van der Waals surface area (Å²) in [7, 11) is 0. The van der Waals surface area contributed by atoms with Crippen molar-refractivity contribution in [3.8, 4) is 11.8 Å². The first-order valence-electron chi connectivity index (χ1n) is 3.39. The molecule has 0 aromatic carbocycles. The molecule has 0 saturated heterocycles. The summed E-state index contributed by atoms with van der Waals surface area (Å²) < 4.78 is 0. The molecule has 0 aliphatic carbocycles. The van der Waals surface area contributed by atoms with Crippen LogP contribution in [0.1, 0.15) is 16.2 Å². The number of hydrogen-bond donors (Lipinski definition) is 2. The van der Waals surface area contributed by atoms with Crippen molar-refractivity contribution in [2.75, 3.05) is 5.75 Å². The van der Waals surface area contributed by atoms with Crippen LogP contribution in [0.25, 0.3) is 0 Å². The number of aromatic nitrogens is 2. The van der Waals surface area contributed by atoms with E-state index in [1.165, 1.54) is 12.4 Å². The van der Waals surface area contributed by atoms with Gasteiger partial charge in [0.1, 0.15) is 0 Å².